The number of thiocarbonyl (C=S) groups is 1. The van der Waals surface area contributed by atoms with Crippen LogP contribution in [0.3, 0.4) is 0 Å². The van der Waals surface area contributed by atoms with Gasteiger partial charge in [0.2, 0.25) is 0 Å². The van der Waals surface area contributed by atoms with Crippen molar-refractivity contribution in [3.8, 4) is 0 Å². The van der Waals surface area contributed by atoms with Crippen LogP contribution in [0.15, 0.2) is 60.8 Å². The Morgan fingerprint density at radius 3 is 2.59 bits per heavy atom. The van der Waals surface area contributed by atoms with Gasteiger partial charge in [-0.3, -0.25) is 10.1 Å². The van der Waals surface area contributed by atoms with E-state index in [2.05, 4.69) is 52.9 Å². The number of nitro benzene ring substituents is 1. The molecule has 29 heavy (non-hydrogen) atoms. The van der Waals surface area contributed by atoms with Crippen molar-refractivity contribution < 1.29 is 4.92 Å². The van der Waals surface area contributed by atoms with E-state index in [1.807, 2.05) is 18.3 Å². The zero-order valence-corrected chi connectivity index (χ0v) is 17.1. The van der Waals surface area contributed by atoms with Crippen LogP contribution in [0.25, 0.3) is 0 Å². The molecule has 2 aromatic carbocycles. The summed E-state index contributed by atoms with van der Waals surface area (Å²) in [7, 11) is 0. The number of non-ortho nitro benzene ring substituents is 1. The molecule has 0 bridgehead atoms. The molecule has 148 valence electrons. The van der Waals surface area contributed by atoms with Gasteiger partial charge in [0, 0.05) is 42.8 Å². The van der Waals surface area contributed by atoms with Crippen molar-refractivity contribution >= 4 is 28.7 Å². The lowest BCUT2D eigenvalue weighted by Gasteiger charge is -2.39. The van der Waals surface area contributed by atoms with Crippen LogP contribution in [-0.2, 0) is 6.54 Å². The fourth-order valence-electron chi connectivity index (χ4n) is 4.00. The normalized spacial score (nSPS) is 15.7. The predicted molar refractivity (Wildman–Crippen MR) is 118 cm³/mol. The van der Waals surface area contributed by atoms with Crippen LogP contribution in [0.4, 0.5) is 11.4 Å². The molecule has 1 N–H and O–H groups in total. The van der Waals surface area contributed by atoms with E-state index < -0.39 is 0 Å². The van der Waals surface area contributed by atoms with E-state index >= 15 is 0 Å². The van der Waals surface area contributed by atoms with E-state index in [-0.39, 0.29) is 16.7 Å². The van der Waals surface area contributed by atoms with Crippen LogP contribution < -0.4 is 5.32 Å². The number of anilines is 1. The number of fused-ring (bicyclic) bond motifs is 1. The number of aromatic nitrogens is 1. The topological polar surface area (TPSA) is 63.3 Å². The second-order valence-corrected chi connectivity index (χ2v) is 7.77. The average molecular weight is 407 g/mol. The lowest BCUT2D eigenvalue weighted by atomic mass is 10.00. The molecular formula is C22H22N4O2S. The van der Waals surface area contributed by atoms with Gasteiger partial charge in [0.1, 0.15) is 0 Å². The first-order valence-corrected chi connectivity index (χ1v) is 9.88. The number of rotatable bonds is 3. The minimum Gasteiger partial charge on any atom is -0.348 e. The van der Waals surface area contributed by atoms with Crippen molar-refractivity contribution in [2.45, 2.75) is 26.4 Å². The van der Waals surface area contributed by atoms with Gasteiger partial charge in [0.05, 0.1) is 11.0 Å². The summed E-state index contributed by atoms with van der Waals surface area (Å²) >= 11 is 5.78. The second kappa shape index (κ2) is 7.67. The fraction of sp³-hybridized carbons (Fsp3) is 0.227. The molecule has 1 aliphatic rings. The van der Waals surface area contributed by atoms with Crippen molar-refractivity contribution in [2.75, 3.05) is 11.9 Å². The summed E-state index contributed by atoms with van der Waals surface area (Å²) in [5.41, 5.74) is 5.28. The minimum atomic E-state index is -0.359. The average Bonchev–Trinajstić information content (AvgIpc) is 3.15. The first-order chi connectivity index (χ1) is 13.9. The lowest BCUT2D eigenvalue weighted by Crippen LogP contribution is -2.44. The van der Waals surface area contributed by atoms with Gasteiger partial charge < -0.3 is 14.8 Å². The van der Waals surface area contributed by atoms with Crippen LogP contribution in [0.1, 0.15) is 28.4 Å². The number of nitrogens with zero attached hydrogens (tertiary/aromatic N) is 3. The molecule has 2 heterocycles. The van der Waals surface area contributed by atoms with Crippen LogP contribution in [0.2, 0.25) is 0 Å². The van der Waals surface area contributed by atoms with E-state index in [0.29, 0.717) is 11.7 Å². The molecule has 4 rings (SSSR count). The van der Waals surface area contributed by atoms with Crippen molar-refractivity contribution in [3.05, 3.63) is 93.3 Å². The summed E-state index contributed by atoms with van der Waals surface area (Å²) in [6.45, 7) is 5.63. The maximum Gasteiger partial charge on any atom is 0.269 e. The Balaban J connectivity index is 1.70. The summed E-state index contributed by atoms with van der Waals surface area (Å²) in [6.07, 6.45) is 2.04. The summed E-state index contributed by atoms with van der Waals surface area (Å²) in [5, 5.41) is 15.3. The molecule has 0 radical (unpaired) electrons. The van der Waals surface area contributed by atoms with Crippen LogP contribution in [0.5, 0.6) is 0 Å². The van der Waals surface area contributed by atoms with Crippen molar-refractivity contribution in [2.24, 2.45) is 0 Å². The van der Waals surface area contributed by atoms with E-state index in [0.717, 1.165) is 34.6 Å². The van der Waals surface area contributed by atoms with Gasteiger partial charge in [0.25, 0.3) is 5.69 Å². The van der Waals surface area contributed by atoms with Crippen molar-refractivity contribution in [1.29, 1.82) is 0 Å². The first-order valence-electron chi connectivity index (χ1n) is 9.48. The third kappa shape index (κ3) is 3.86. The largest absolute Gasteiger partial charge is 0.348 e. The molecule has 0 saturated heterocycles. The third-order valence-electron chi connectivity index (χ3n) is 5.17. The van der Waals surface area contributed by atoms with Gasteiger partial charge in [-0.05, 0) is 67.0 Å². The highest BCUT2D eigenvalue weighted by atomic mass is 32.1. The molecule has 1 aromatic heterocycles. The highest BCUT2D eigenvalue weighted by Gasteiger charge is 2.31. The van der Waals surface area contributed by atoms with E-state index in [9.17, 15) is 10.1 Å². The van der Waals surface area contributed by atoms with Crippen LogP contribution in [0, 0.1) is 24.0 Å². The summed E-state index contributed by atoms with van der Waals surface area (Å²) in [5.74, 6) is 0. The molecule has 1 atom stereocenters. The third-order valence-corrected chi connectivity index (χ3v) is 5.51. The molecule has 0 aliphatic carbocycles. The van der Waals surface area contributed by atoms with E-state index in [1.54, 1.807) is 12.1 Å². The zero-order valence-electron chi connectivity index (χ0n) is 16.3. The van der Waals surface area contributed by atoms with Crippen molar-refractivity contribution in [1.82, 2.24) is 9.47 Å². The Morgan fingerprint density at radius 1 is 1.10 bits per heavy atom. The number of nitro groups is 1. The summed E-state index contributed by atoms with van der Waals surface area (Å²) in [6, 6.07) is 16.9. The van der Waals surface area contributed by atoms with Gasteiger partial charge in [0.15, 0.2) is 5.11 Å². The molecule has 0 spiro atoms. The molecule has 7 heteroatoms. The zero-order chi connectivity index (χ0) is 20.5. The second-order valence-electron chi connectivity index (χ2n) is 7.38. The smallest absolute Gasteiger partial charge is 0.269 e. The molecule has 3 aromatic rings. The number of hydrogen-bond acceptors (Lipinski definition) is 3. The molecule has 0 fully saturated rings. The molecule has 1 aliphatic heterocycles. The SMILES string of the molecule is Cc1cc(C)cc(NC(=S)N2CCn3cccc3C2c2cccc([N+](=O)[O-])c2)c1. The first kappa shape index (κ1) is 19.1. The highest BCUT2D eigenvalue weighted by Crippen LogP contribution is 2.34. The number of benzene rings is 2. The minimum absolute atomic E-state index is 0.0827. The Morgan fingerprint density at radius 2 is 1.86 bits per heavy atom. The molecule has 1 unspecified atom stereocenters. The van der Waals surface area contributed by atoms with Gasteiger partial charge in [-0.2, -0.15) is 0 Å². The van der Waals surface area contributed by atoms with E-state index in [1.165, 1.54) is 6.07 Å². The van der Waals surface area contributed by atoms with Crippen LogP contribution in [-0.4, -0.2) is 26.0 Å². The Labute approximate surface area is 174 Å². The van der Waals surface area contributed by atoms with Gasteiger partial charge in [-0.25, -0.2) is 0 Å². The standard InChI is InChI=1S/C22H22N4O2S/c1-15-11-16(2)13-18(12-15)23-22(29)25-10-9-24-8-4-7-20(24)21(25)17-5-3-6-19(14-17)26(27)28/h3-8,11-14,21H,9-10H2,1-2H3,(H,23,29). The van der Waals surface area contributed by atoms with E-state index in [4.69, 9.17) is 12.2 Å². The van der Waals surface area contributed by atoms with Gasteiger partial charge >= 0.3 is 0 Å². The number of aryl methyl sites for hydroxylation is 2. The number of nitrogens with one attached hydrogen (secondary N) is 1. The Kier molecular flexibility index (Phi) is 5.07. The number of hydrogen-bond donors (Lipinski definition) is 1. The Bertz CT molecular complexity index is 1070. The van der Waals surface area contributed by atoms with Gasteiger partial charge in [-0.15, -0.1) is 0 Å². The molecule has 0 amide bonds. The predicted octanol–water partition coefficient (Wildman–Crippen LogP) is 4.82. The fourth-order valence-corrected chi connectivity index (χ4v) is 4.32. The lowest BCUT2D eigenvalue weighted by molar-refractivity contribution is -0.384. The van der Waals surface area contributed by atoms with Gasteiger partial charge in [-0.1, -0.05) is 18.2 Å². The maximum atomic E-state index is 11.3. The quantitative estimate of drug-likeness (QED) is 0.384. The maximum absolute atomic E-state index is 11.3. The Hall–Kier alpha value is -3.19. The highest BCUT2D eigenvalue weighted by molar-refractivity contribution is 7.80. The summed E-state index contributed by atoms with van der Waals surface area (Å²) in [4.78, 5) is 13.1. The monoisotopic (exact) mass is 406 g/mol. The molecule has 6 nitrogen and oxygen atoms in total. The van der Waals surface area contributed by atoms with Crippen LogP contribution >= 0.6 is 12.2 Å². The summed E-state index contributed by atoms with van der Waals surface area (Å²) < 4.78 is 2.18. The molecule has 0 saturated carbocycles. The molecular weight excluding hydrogens is 384 g/mol. The van der Waals surface area contributed by atoms with Crippen molar-refractivity contribution in [3.63, 3.8) is 0 Å².